The zero-order valence-corrected chi connectivity index (χ0v) is 8.04. The highest BCUT2D eigenvalue weighted by atomic mass is 35.5. The molecule has 0 radical (unpaired) electrons. The van der Waals surface area contributed by atoms with Crippen molar-refractivity contribution in [3.05, 3.63) is 41.4 Å². The van der Waals surface area contributed by atoms with Gasteiger partial charge in [-0.1, -0.05) is 11.6 Å². The summed E-state index contributed by atoms with van der Waals surface area (Å²) < 4.78 is 25.8. The minimum atomic E-state index is -0.786. The van der Waals surface area contributed by atoms with E-state index in [9.17, 15) is 8.78 Å². The van der Waals surface area contributed by atoms with Gasteiger partial charge in [0.25, 0.3) is 0 Å². The number of hydrogen-bond acceptors (Lipinski definition) is 3. The van der Waals surface area contributed by atoms with Gasteiger partial charge in [0.1, 0.15) is 22.4 Å². The van der Waals surface area contributed by atoms with Gasteiger partial charge in [0.2, 0.25) is 0 Å². The van der Waals surface area contributed by atoms with Crippen LogP contribution >= 0.6 is 11.6 Å². The van der Waals surface area contributed by atoms with Crippen LogP contribution in [0, 0.1) is 11.6 Å². The lowest BCUT2D eigenvalue weighted by molar-refractivity contribution is 0.575. The van der Waals surface area contributed by atoms with E-state index in [4.69, 9.17) is 11.6 Å². The largest absolute Gasteiger partial charge is 0.250 e. The van der Waals surface area contributed by atoms with Gasteiger partial charge < -0.3 is 0 Å². The summed E-state index contributed by atoms with van der Waals surface area (Å²) in [6, 6.07) is 0.735. The SMILES string of the molecule is Fc1cnc(-c2cnc(Cl)cn2)c(F)c1. The quantitative estimate of drug-likeness (QED) is 0.751. The van der Waals surface area contributed by atoms with Crippen LogP contribution in [0.25, 0.3) is 11.4 Å². The highest BCUT2D eigenvalue weighted by Crippen LogP contribution is 2.18. The standard InChI is InChI=1S/C9H4ClF2N3/c10-8-4-13-7(3-14-8)9-6(12)1-5(11)2-15-9/h1-4H. The van der Waals surface area contributed by atoms with Crippen molar-refractivity contribution < 1.29 is 8.78 Å². The van der Waals surface area contributed by atoms with Gasteiger partial charge in [-0.2, -0.15) is 0 Å². The fourth-order valence-corrected chi connectivity index (χ4v) is 1.14. The Morgan fingerprint density at radius 1 is 1.00 bits per heavy atom. The molecule has 0 N–H and O–H groups in total. The lowest BCUT2D eigenvalue weighted by atomic mass is 10.2. The number of rotatable bonds is 1. The Morgan fingerprint density at radius 3 is 2.40 bits per heavy atom. The molecular formula is C9H4ClF2N3. The molecule has 0 spiro atoms. The van der Waals surface area contributed by atoms with E-state index in [-0.39, 0.29) is 16.5 Å². The van der Waals surface area contributed by atoms with Crippen molar-refractivity contribution in [3.63, 3.8) is 0 Å². The molecule has 76 valence electrons. The lowest BCUT2D eigenvalue weighted by Gasteiger charge is -2.00. The van der Waals surface area contributed by atoms with Crippen LogP contribution in [0.15, 0.2) is 24.7 Å². The van der Waals surface area contributed by atoms with Gasteiger partial charge in [-0.25, -0.2) is 23.7 Å². The van der Waals surface area contributed by atoms with Gasteiger partial charge in [0, 0.05) is 6.07 Å². The average Bonchev–Trinajstić information content (AvgIpc) is 2.20. The van der Waals surface area contributed by atoms with Crippen molar-refractivity contribution in [2.75, 3.05) is 0 Å². The highest BCUT2D eigenvalue weighted by molar-refractivity contribution is 6.29. The van der Waals surface area contributed by atoms with Crippen molar-refractivity contribution in [1.29, 1.82) is 0 Å². The van der Waals surface area contributed by atoms with Crippen molar-refractivity contribution in [3.8, 4) is 11.4 Å². The van der Waals surface area contributed by atoms with E-state index in [0.717, 1.165) is 12.3 Å². The van der Waals surface area contributed by atoms with Crippen LogP contribution in [-0.4, -0.2) is 15.0 Å². The van der Waals surface area contributed by atoms with Crippen LogP contribution < -0.4 is 0 Å². The third kappa shape index (κ3) is 2.07. The van der Waals surface area contributed by atoms with Gasteiger partial charge in [-0.15, -0.1) is 0 Å². The van der Waals surface area contributed by atoms with Crippen molar-refractivity contribution in [1.82, 2.24) is 15.0 Å². The average molecular weight is 228 g/mol. The van der Waals surface area contributed by atoms with Gasteiger partial charge in [-0.3, -0.25) is 0 Å². The number of halogens is 3. The first-order valence-corrected chi connectivity index (χ1v) is 4.33. The Hall–Kier alpha value is -1.62. The second kappa shape index (κ2) is 3.86. The van der Waals surface area contributed by atoms with Crippen LogP contribution in [0.4, 0.5) is 8.78 Å². The molecule has 0 amide bonds. The number of hydrogen-bond donors (Lipinski definition) is 0. The number of aromatic nitrogens is 3. The minimum Gasteiger partial charge on any atom is -0.250 e. The van der Waals surface area contributed by atoms with Crippen molar-refractivity contribution in [2.45, 2.75) is 0 Å². The Bertz CT molecular complexity index is 487. The van der Waals surface area contributed by atoms with E-state index >= 15 is 0 Å². The first-order chi connectivity index (χ1) is 7.16. The third-order valence-electron chi connectivity index (χ3n) is 1.67. The molecule has 2 aromatic rings. The molecule has 0 bridgehead atoms. The maximum atomic E-state index is 13.2. The molecule has 0 unspecified atom stereocenters. The fraction of sp³-hybridized carbons (Fsp3) is 0. The minimum absolute atomic E-state index is 0.0550. The zero-order chi connectivity index (χ0) is 10.8. The van der Waals surface area contributed by atoms with Crippen LogP contribution in [0.3, 0.4) is 0 Å². The third-order valence-corrected chi connectivity index (χ3v) is 1.87. The summed E-state index contributed by atoms with van der Waals surface area (Å²) in [5, 5.41) is 0.196. The predicted octanol–water partition coefficient (Wildman–Crippen LogP) is 2.47. The van der Waals surface area contributed by atoms with Gasteiger partial charge in [-0.05, 0) is 0 Å². The maximum absolute atomic E-state index is 13.2. The summed E-state index contributed by atoms with van der Waals surface area (Å²) in [4.78, 5) is 11.1. The smallest absolute Gasteiger partial charge is 0.154 e. The molecule has 2 aromatic heterocycles. The van der Waals surface area contributed by atoms with E-state index in [1.807, 2.05) is 0 Å². The molecular weight excluding hydrogens is 224 g/mol. The summed E-state index contributed by atoms with van der Waals surface area (Å²) >= 11 is 5.52. The van der Waals surface area contributed by atoms with Crippen molar-refractivity contribution >= 4 is 11.6 Å². The molecule has 0 fully saturated rings. The predicted molar refractivity (Wildman–Crippen MR) is 50.2 cm³/mol. The van der Waals surface area contributed by atoms with Gasteiger partial charge in [0.15, 0.2) is 5.82 Å². The van der Waals surface area contributed by atoms with E-state index in [0.29, 0.717) is 0 Å². The summed E-state index contributed by atoms with van der Waals surface area (Å²) in [5.74, 6) is -1.52. The molecule has 0 saturated heterocycles. The monoisotopic (exact) mass is 227 g/mol. The number of pyridine rings is 1. The second-order valence-corrected chi connectivity index (χ2v) is 3.10. The molecule has 0 aliphatic carbocycles. The van der Waals surface area contributed by atoms with Gasteiger partial charge in [0.05, 0.1) is 18.6 Å². The fourth-order valence-electron chi connectivity index (χ4n) is 1.04. The van der Waals surface area contributed by atoms with Crippen molar-refractivity contribution in [2.24, 2.45) is 0 Å². The van der Waals surface area contributed by atoms with Gasteiger partial charge >= 0.3 is 0 Å². The topological polar surface area (TPSA) is 38.7 Å². The van der Waals surface area contributed by atoms with Crippen LogP contribution in [0.2, 0.25) is 5.15 Å². The lowest BCUT2D eigenvalue weighted by Crippen LogP contribution is -1.94. The molecule has 0 atom stereocenters. The molecule has 3 nitrogen and oxygen atoms in total. The summed E-state index contributed by atoms with van der Waals surface area (Å²) in [7, 11) is 0. The molecule has 6 heteroatoms. The zero-order valence-electron chi connectivity index (χ0n) is 7.28. The Kier molecular flexibility index (Phi) is 2.55. The molecule has 0 aromatic carbocycles. The Morgan fingerprint density at radius 2 is 1.80 bits per heavy atom. The van der Waals surface area contributed by atoms with E-state index in [1.54, 1.807) is 0 Å². The molecule has 0 saturated carbocycles. The second-order valence-electron chi connectivity index (χ2n) is 2.71. The first kappa shape index (κ1) is 9.92. The first-order valence-electron chi connectivity index (χ1n) is 3.96. The van der Waals surface area contributed by atoms with E-state index in [2.05, 4.69) is 15.0 Å². The molecule has 0 aliphatic rings. The molecule has 0 aliphatic heterocycles. The normalized spacial score (nSPS) is 10.3. The van der Waals surface area contributed by atoms with Crippen LogP contribution in [0.5, 0.6) is 0 Å². The summed E-state index contributed by atoms with van der Waals surface area (Å²) in [5.41, 5.74) is 0.150. The highest BCUT2D eigenvalue weighted by Gasteiger charge is 2.09. The van der Waals surface area contributed by atoms with E-state index in [1.165, 1.54) is 12.4 Å². The van der Waals surface area contributed by atoms with E-state index < -0.39 is 11.6 Å². The Balaban J connectivity index is 2.49. The Labute approximate surface area is 88.8 Å². The summed E-state index contributed by atoms with van der Waals surface area (Å²) in [6.07, 6.45) is 3.45. The number of nitrogens with zero attached hydrogens (tertiary/aromatic N) is 3. The molecule has 15 heavy (non-hydrogen) atoms. The van der Waals surface area contributed by atoms with Crippen LogP contribution in [-0.2, 0) is 0 Å². The molecule has 2 rings (SSSR count). The van der Waals surface area contributed by atoms with Crippen LogP contribution in [0.1, 0.15) is 0 Å². The summed E-state index contributed by atoms with van der Waals surface area (Å²) in [6.45, 7) is 0. The molecule has 2 heterocycles. The maximum Gasteiger partial charge on any atom is 0.154 e.